The standard InChI is InChI=1S/C12H14N2O5S/c1-8(15)13-9-2-4-10(5-3-9)20(17,18)14-11-6-7-19-12(11)16/h2-5,11,14H,6-7H2,1H3,(H,13,15). The van der Waals surface area contributed by atoms with E-state index in [-0.39, 0.29) is 17.4 Å². The number of benzene rings is 1. The zero-order valence-corrected chi connectivity index (χ0v) is 11.6. The molecule has 0 aliphatic carbocycles. The molecule has 20 heavy (non-hydrogen) atoms. The fourth-order valence-corrected chi connectivity index (χ4v) is 3.00. The zero-order valence-electron chi connectivity index (χ0n) is 10.8. The predicted octanol–water partition coefficient (Wildman–Crippen LogP) is 0.239. The maximum Gasteiger partial charge on any atom is 0.324 e. The van der Waals surface area contributed by atoms with Crippen LogP contribution in [0.2, 0.25) is 0 Å². The maximum atomic E-state index is 12.1. The van der Waals surface area contributed by atoms with Crippen LogP contribution in [-0.4, -0.2) is 32.9 Å². The highest BCUT2D eigenvalue weighted by molar-refractivity contribution is 7.89. The molecule has 1 atom stereocenters. The van der Waals surface area contributed by atoms with Gasteiger partial charge in [-0.3, -0.25) is 9.59 Å². The quantitative estimate of drug-likeness (QED) is 0.775. The van der Waals surface area contributed by atoms with E-state index in [4.69, 9.17) is 4.74 Å². The second-order valence-corrected chi connectivity index (χ2v) is 6.05. The number of nitrogens with one attached hydrogen (secondary N) is 2. The summed E-state index contributed by atoms with van der Waals surface area (Å²) in [5.74, 6) is -0.809. The largest absolute Gasteiger partial charge is 0.464 e. The lowest BCUT2D eigenvalue weighted by Crippen LogP contribution is -2.37. The molecule has 1 aromatic carbocycles. The molecule has 1 saturated heterocycles. The third kappa shape index (κ3) is 3.34. The number of carbonyl (C=O) groups is 2. The second-order valence-electron chi connectivity index (χ2n) is 4.34. The summed E-state index contributed by atoms with van der Waals surface area (Å²) in [6, 6.07) is 4.82. The van der Waals surface area contributed by atoms with Crippen LogP contribution in [-0.2, 0) is 24.3 Å². The fourth-order valence-electron chi connectivity index (χ4n) is 1.78. The Kier molecular flexibility index (Phi) is 4.05. The minimum absolute atomic E-state index is 0.0197. The van der Waals surface area contributed by atoms with E-state index in [9.17, 15) is 18.0 Å². The molecule has 1 fully saturated rings. The molecule has 1 heterocycles. The van der Waals surface area contributed by atoms with Gasteiger partial charge in [0.1, 0.15) is 6.04 Å². The molecule has 108 valence electrons. The SMILES string of the molecule is CC(=O)Nc1ccc(S(=O)(=O)NC2CCOC2=O)cc1. The molecule has 8 heteroatoms. The molecule has 7 nitrogen and oxygen atoms in total. The van der Waals surface area contributed by atoms with E-state index in [0.717, 1.165) is 0 Å². The summed E-state index contributed by atoms with van der Waals surface area (Å²) >= 11 is 0. The highest BCUT2D eigenvalue weighted by Crippen LogP contribution is 2.16. The summed E-state index contributed by atoms with van der Waals surface area (Å²) in [6.07, 6.45) is 0.321. The number of amides is 1. The summed E-state index contributed by atoms with van der Waals surface area (Å²) in [5, 5.41) is 2.54. The normalized spacial score (nSPS) is 18.6. The third-order valence-corrected chi connectivity index (χ3v) is 4.21. The van der Waals surface area contributed by atoms with E-state index in [1.54, 1.807) is 0 Å². The van der Waals surface area contributed by atoms with E-state index in [2.05, 4.69) is 10.0 Å². The molecule has 0 spiro atoms. The average Bonchev–Trinajstić information content (AvgIpc) is 2.74. The Morgan fingerprint density at radius 3 is 2.45 bits per heavy atom. The first-order valence-corrected chi connectivity index (χ1v) is 7.43. The predicted molar refractivity (Wildman–Crippen MR) is 70.4 cm³/mol. The van der Waals surface area contributed by atoms with Gasteiger partial charge < -0.3 is 10.1 Å². The Hall–Kier alpha value is -1.93. The lowest BCUT2D eigenvalue weighted by molar-refractivity contribution is -0.139. The molecule has 0 radical (unpaired) electrons. The van der Waals surface area contributed by atoms with Gasteiger partial charge in [-0.05, 0) is 24.3 Å². The average molecular weight is 298 g/mol. The van der Waals surface area contributed by atoms with Crippen LogP contribution < -0.4 is 10.0 Å². The number of ether oxygens (including phenoxy) is 1. The van der Waals surface area contributed by atoms with Crippen LogP contribution in [0, 0.1) is 0 Å². The van der Waals surface area contributed by atoms with Crippen molar-refractivity contribution in [3.05, 3.63) is 24.3 Å². The van der Waals surface area contributed by atoms with Crippen molar-refractivity contribution in [2.45, 2.75) is 24.3 Å². The molecular formula is C12H14N2O5S. The fraction of sp³-hybridized carbons (Fsp3) is 0.333. The van der Waals surface area contributed by atoms with Gasteiger partial charge in [-0.2, -0.15) is 4.72 Å². The van der Waals surface area contributed by atoms with Gasteiger partial charge in [0.15, 0.2) is 0 Å². The van der Waals surface area contributed by atoms with Crippen LogP contribution in [0.25, 0.3) is 0 Å². The van der Waals surface area contributed by atoms with Crippen molar-refractivity contribution in [2.75, 3.05) is 11.9 Å². The van der Waals surface area contributed by atoms with Crippen LogP contribution in [0.5, 0.6) is 0 Å². The summed E-state index contributed by atoms with van der Waals surface area (Å²) in [4.78, 5) is 22.1. The number of esters is 1. The molecule has 2 N–H and O–H groups in total. The Balaban J connectivity index is 2.13. The first-order chi connectivity index (χ1) is 9.38. The zero-order chi connectivity index (χ0) is 14.8. The van der Waals surface area contributed by atoms with Crippen molar-refractivity contribution in [1.82, 2.24) is 4.72 Å². The number of rotatable bonds is 4. The summed E-state index contributed by atoms with van der Waals surface area (Å²) < 4.78 is 31.1. The summed E-state index contributed by atoms with van der Waals surface area (Å²) in [7, 11) is -3.79. The first-order valence-electron chi connectivity index (χ1n) is 5.95. The van der Waals surface area contributed by atoms with Gasteiger partial charge in [0.05, 0.1) is 11.5 Å². The van der Waals surface area contributed by atoms with Gasteiger partial charge in [-0.25, -0.2) is 8.42 Å². The van der Waals surface area contributed by atoms with E-state index in [0.29, 0.717) is 12.1 Å². The van der Waals surface area contributed by atoms with Crippen molar-refractivity contribution in [3.8, 4) is 0 Å². The first kappa shape index (κ1) is 14.5. The van der Waals surface area contributed by atoms with Gasteiger partial charge in [-0.1, -0.05) is 0 Å². The number of sulfonamides is 1. The molecule has 1 aliphatic heterocycles. The minimum Gasteiger partial charge on any atom is -0.464 e. The summed E-state index contributed by atoms with van der Waals surface area (Å²) in [5.41, 5.74) is 0.497. The lowest BCUT2D eigenvalue weighted by atomic mass is 10.3. The van der Waals surface area contributed by atoms with Gasteiger partial charge in [0, 0.05) is 19.0 Å². The minimum atomic E-state index is -3.79. The highest BCUT2D eigenvalue weighted by Gasteiger charge is 2.31. The number of cyclic esters (lactones) is 1. The molecule has 1 aliphatic rings. The third-order valence-electron chi connectivity index (χ3n) is 2.72. The maximum absolute atomic E-state index is 12.1. The van der Waals surface area contributed by atoms with Crippen molar-refractivity contribution >= 4 is 27.6 Å². The molecule has 1 amide bonds. The van der Waals surface area contributed by atoms with Crippen LogP contribution in [0.15, 0.2) is 29.2 Å². The lowest BCUT2D eigenvalue weighted by Gasteiger charge is -2.10. The topological polar surface area (TPSA) is 102 Å². The number of hydrogen-bond donors (Lipinski definition) is 2. The van der Waals surface area contributed by atoms with E-state index < -0.39 is 22.0 Å². The van der Waals surface area contributed by atoms with Gasteiger partial charge in [-0.15, -0.1) is 0 Å². The van der Waals surface area contributed by atoms with Crippen molar-refractivity contribution in [2.24, 2.45) is 0 Å². The monoisotopic (exact) mass is 298 g/mol. The Morgan fingerprint density at radius 2 is 1.95 bits per heavy atom. The van der Waals surface area contributed by atoms with E-state index >= 15 is 0 Å². The van der Waals surface area contributed by atoms with Gasteiger partial charge >= 0.3 is 5.97 Å². The molecule has 2 rings (SSSR count). The van der Waals surface area contributed by atoms with Crippen molar-refractivity contribution in [1.29, 1.82) is 0 Å². The van der Waals surface area contributed by atoms with Crippen LogP contribution in [0.4, 0.5) is 5.69 Å². The van der Waals surface area contributed by atoms with Crippen molar-refractivity contribution < 1.29 is 22.7 Å². The van der Waals surface area contributed by atoms with Gasteiger partial charge in [0.25, 0.3) is 0 Å². The Morgan fingerprint density at radius 1 is 1.30 bits per heavy atom. The van der Waals surface area contributed by atoms with Crippen molar-refractivity contribution in [3.63, 3.8) is 0 Å². The van der Waals surface area contributed by atoms with E-state index in [1.165, 1.54) is 31.2 Å². The Bertz CT molecular complexity index is 624. The molecule has 1 unspecified atom stereocenters. The molecule has 0 saturated carbocycles. The van der Waals surface area contributed by atoms with Crippen LogP contribution >= 0.6 is 0 Å². The van der Waals surface area contributed by atoms with E-state index in [1.807, 2.05) is 0 Å². The Labute approximate surface area is 116 Å². The van der Waals surface area contributed by atoms with Gasteiger partial charge in [0.2, 0.25) is 15.9 Å². The van der Waals surface area contributed by atoms with Crippen LogP contribution in [0.3, 0.4) is 0 Å². The molecule has 0 bridgehead atoms. The number of anilines is 1. The number of hydrogen-bond acceptors (Lipinski definition) is 5. The highest BCUT2D eigenvalue weighted by atomic mass is 32.2. The number of carbonyl (C=O) groups excluding carboxylic acids is 2. The molecule has 1 aromatic rings. The molecular weight excluding hydrogens is 284 g/mol. The summed E-state index contributed by atoms with van der Waals surface area (Å²) in [6.45, 7) is 1.57. The molecule has 0 aromatic heterocycles. The van der Waals surface area contributed by atoms with Crippen LogP contribution in [0.1, 0.15) is 13.3 Å². The smallest absolute Gasteiger partial charge is 0.324 e. The second kappa shape index (κ2) is 5.59.